The number of nitrogens with zero attached hydrogens (tertiary/aromatic N) is 1. The van der Waals surface area contributed by atoms with Gasteiger partial charge in [0.25, 0.3) is 5.56 Å². The van der Waals surface area contributed by atoms with Gasteiger partial charge >= 0.3 is 0 Å². The van der Waals surface area contributed by atoms with Crippen molar-refractivity contribution in [1.82, 2.24) is 9.97 Å². The second-order valence-corrected chi connectivity index (χ2v) is 6.53. The van der Waals surface area contributed by atoms with Gasteiger partial charge in [0.2, 0.25) is 5.95 Å². The molecule has 0 aromatic carbocycles. The first-order chi connectivity index (χ1) is 11.1. The van der Waals surface area contributed by atoms with Crippen LogP contribution in [0.1, 0.15) is 50.0 Å². The Morgan fingerprint density at radius 1 is 1.22 bits per heavy atom. The van der Waals surface area contributed by atoms with E-state index in [1.807, 2.05) is 0 Å². The molecule has 0 unspecified atom stereocenters. The molecular formula is C17H20N4O2. The number of ketones is 1. The standard InChI is InChI=1S/C17H20N4O2/c18-17-20-15-14(16(23)21-17)12(9-5-2-1-3-6-9)13-10(19-15)7-4-8-11(13)22/h1-2,9,12H,3-8H2,(H4,18,19,20,21,23)/t9-,12+/m0/s1. The number of anilines is 2. The summed E-state index contributed by atoms with van der Waals surface area (Å²) >= 11 is 0. The van der Waals surface area contributed by atoms with E-state index < -0.39 is 0 Å². The second kappa shape index (κ2) is 5.37. The number of nitrogens with two attached hydrogens (primary N) is 1. The van der Waals surface area contributed by atoms with E-state index in [0.29, 0.717) is 17.8 Å². The van der Waals surface area contributed by atoms with E-state index in [-0.39, 0.29) is 29.1 Å². The molecule has 23 heavy (non-hydrogen) atoms. The van der Waals surface area contributed by atoms with Crippen LogP contribution in [0.25, 0.3) is 0 Å². The monoisotopic (exact) mass is 312 g/mol. The number of rotatable bonds is 1. The van der Waals surface area contributed by atoms with Crippen LogP contribution < -0.4 is 16.6 Å². The lowest BCUT2D eigenvalue weighted by Gasteiger charge is -2.37. The first kappa shape index (κ1) is 14.2. The van der Waals surface area contributed by atoms with Crippen LogP contribution in [0, 0.1) is 5.92 Å². The molecule has 6 heteroatoms. The number of carbonyl (C=O) groups is 1. The molecule has 0 saturated carbocycles. The fraction of sp³-hybridized carbons (Fsp3) is 0.471. The van der Waals surface area contributed by atoms with Crippen LogP contribution in [0.3, 0.4) is 0 Å². The summed E-state index contributed by atoms with van der Waals surface area (Å²) in [6, 6.07) is 0. The van der Waals surface area contributed by atoms with E-state index >= 15 is 0 Å². The van der Waals surface area contributed by atoms with Gasteiger partial charge < -0.3 is 11.1 Å². The summed E-state index contributed by atoms with van der Waals surface area (Å²) in [7, 11) is 0. The molecule has 6 nitrogen and oxygen atoms in total. The van der Waals surface area contributed by atoms with E-state index in [1.54, 1.807) is 0 Å². The van der Waals surface area contributed by atoms with Gasteiger partial charge in [0.1, 0.15) is 5.82 Å². The Balaban J connectivity index is 1.91. The normalized spacial score (nSPS) is 26.5. The average molecular weight is 312 g/mol. The number of nitrogen functional groups attached to an aromatic ring is 1. The molecule has 2 atom stereocenters. The van der Waals surface area contributed by atoms with Crippen LogP contribution in [0.5, 0.6) is 0 Å². The summed E-state index contributed by atoms with van der Waals surface area (Å²) in [5.41, 5.74) is 7.79. The molecule has 4 N–H and O–H groups in total. The lowest BCUT2D eigenvalue weighted by atomic mass is 9.70. The van der Waals surface area contributed by atoms with E-state index in [1.165, 1.54) is 0 Å². The summed E-state index contributed by atoms with van der Waals surface area (Å²) < 4.78 is 0. The minimum atomic E-state index is -0.232. The van der Waals surface area contributed by atoms with Gasteiger partial charge in [-0.15, -0.1) is 0 Å². The molecule has 0 radical (unpaired) electrons. The Labute approximate surface area is 133 Å². The number of fused-ring (bicyclic) bond motifs is 1. The Kier molecular flexibility index (Phi) is 3.32. The van der Waals surface area contributed by atoms with Gasteiger partial charge in [0.15, 0.2) is 5.78 Å². The highest BCUT2D eigenvalue weighted by Crippen LogP contribution is 2.46. The molecular weight excluding hydrogens is 292 g/mol. The lowest BCUT2D eigenvalue weighted by Crippen LogP contribution is -2.35. The van der Waals surface area contributed by atoms with Crippen molar-refractivity contribution in [3.8, 4) is 0 Å². The molecule has 1 aromatic heterocycles. The molecule has 3 aliphatic rings. The largest absolute Gasteiger partial charge is 0.369 e. The first-order valence-corrected chi connectivity index (χ1v) is 8.23. The van der Waals surface area contributed by atoms with Crippen LogP contribution in [-0.2, 0) is 4.79 Å². The molecule has 1 aromatic rings. The van der Waals surface area contributed by atoms with Gasteiger partial charge in [0, 0.05) is 23.6 Å². The third-order valence-electron chi connectivity index (χ3n) is 5.10. The molecule has 0 amide bonds. The predicted octanol–water partition coefficient (Wildman–Crippen LogP) is 2.22. The van der Waals surface area contributed by atoms with Crippen molar-refractivity contribution in [2.45, 2.75) is 44.4 Å². The van der Waals surface area contributed by atoms with Gasteiger partial charge in [0.05, 0.1) is 5.56 Å². The maximum Gasteiger partial charge on any atom is 0.258 e. The van der Waals surface area contributed by atoms with Crippen molar-refractivity contribution in [3.63, 3.8) is 0 Å². The molecule has 1 aliphatic heterocycles. The van der Waals surface area contributed by atoms with Crippen LogP contribution >= 0.6 is 0 Å². The zero-order valence-electron chi connectivity index (χ0n) is 12.9. The fourth-order valence-electron chi connectivity index (χ4n) is 4.12. The summed E-state index contributed by atoms with van der Waals surface area (Å²) in [6.07, 6.45) is 9.41. The van der Waals surface area contributed by atoms with Gasteiger partial charge in [-0.1, -0.05) is 12.2 Å². The number of aromatic nitrogens is 2. The van der Waals surface area contributed by atoms with Crippen molar-refractivity contribution in [2.75, 3.05) is 11.1 Å². The number of Topliss-reactive ketones (excluding diaryl/α,β-unsaturated/α-hetero) is 1. The number of aromatic amines is 1. The minimum absolute atomic E-state index is 0.106. The second-order valence-electron chi connectivity index (χ2n) is 6.53. The maximum absolute atomic E-state index is 12.6. The van der Waals surface area contributed by atoms with Crippen LogP contribution in [0.4, 0.5) is 11.8 Å². The fourth-order valence-corrected chi connectivity index (χ4v) is 4.12. The number of hydrogen-bond acceptors (Lipinski definition) is 5. The molecule has 2 heterocycles. The number of H-pyrrole nitrogens is 1. The van der Waals surface area contributed by atoms with Crippen molar-refractivity contribution >= 4 is 17.5 Å². The third kappa shape index (κ3) is 2.29. The average Bonchev–Trinajstić information content (AvgIpc) is 2.54. The molecule has 0 spiro atoms. The molecule has 0 fully saturated rings. The van der Waals surface area contributed by atoms with Gasteiger partial charge in [-0.05, 0) is 38.0 Å². The summed E-state index contributed by atoms with van der Waals surface area (Å²) in [5.74, 6) is 0.893. The highest BCUT2D eigenvalue weighted by Gasteiger charge is 2.40. The Hall–Kier alpha value is -2.37. The van der Waals surface area contributed by atoms with Crippen molar-refractivity contribution in [2.24, 2.45) is 5.92 Å². The van der Waals surface area contributed by atoms with Gasteiger partial charge in [-0.3, -0.25) is 14.6 Å². The Morgan fingerprint density at radius 2 is 2.09 bits per heavy atom. The van der Waals surface area contributed by atoms with E-state index in [4.69, 9.17) is 5.73 Å². The SMILES string of the molecule is Nc1nc2c(c(=O)[nH]1)[C@H]([C@H]1CC=CCC1)C1=C(CCCC1=O)N2. The smallest absolute Gasteiger partial charge is 0.258 e. The van der Waals surface area contributed by atoms with Gasteiger partial charge in [-0.2, -0.15) is 4.98 Å². The number of hydrogen-bond donors (Lipinski definition) is 3. The van der Waals surface area contributed by atoms with Crippen LogP contribution in [-0.4, -0.2) is 15.8 Å². The molecule has 0 saturated heterocycles. The quantitative estimate of drug-likeness (QED) is 0.690. The van der Waals surface area contributed by atoms with Crippen LogP contribution in [0.15, 0.2) is 28.2 Å². The third-order valence-corrected chi connectivity index (χ3v) is 5.10. The van der Waals surface area contributed by atoms with Crippen molar-refractivity contribution < 1.29 is 4.79 Å². The van der Waals surface area contributed by atoms with Crippen molar-refractivity contribution in [1.29, 1.82) is 0 Å². The maximum atomic E-state index is 12.6. The predicted molar refractivity (Wildman–Crippen MR) is 88.0 cm³/mol. The molecule has 120 valence electrons. The van der Waals surface area contributed by atoms with E-state index in [0.717, 1.165) is 43.4 Å². The minimum Gasteiger partial charge on any atom is -0.369 e. The van der Waals surface area contributed by atoms with E-state index in [9.17, 15) is 9.59 Å². The summed E-state index contributed by atoms with van der Waals surface area (Å²) in [4.78, 5) is 32.0. The highest BCUT2D eigenvalue weighted by molar-refractivity contribution is 6.00. The van der Waals surface area contributed by atoms with E-state index in [2.05, 4.69) is 27.4 Å². The molecule has 0 bridgehead atoms. The summed E-state index contributed by atoms with van der Waals surface area (Å²) in [5, 5.41) is 3.21. The molecule has 4 rings (SSSR count). The molecule has 2 aliphatic carbocycles. The number of carbonyl (C=O) groups excluding carboxylic acids is 1. The zero-order chi connectivity index (χ0) is 16.0. The first-order valence-electron chi connectivity index (χ1n) is 8.23. The number of allylic oxidation sites excluding steroid dienone is 4. The topological polar surface area (TPSA) is 101 Å². The van der Waals surface area contributed by atoms with Gasteiger partial charge in [-0.25, -0.2) is 0 Å². The Bertz CT molecular complexity index is 790. The number of nitrogens with one attached hydrogen (secondary N) is 2. The lowest BCUT2D eigenvalue weighted by molar-refractivity contribution is -0.116. The Morgan fingerprint density at radius 3 is 2.87 bits per heavy atom. The van der Waals surface area contributed by atoms with Crippen molar-refractivity contribution in [3.05, 3.63) is 39.3 Å². The summed E-state index contributed by atoms with van der Waals surface area (Å²) in [6.45, 7) is 0. The highest BCUT2D eigenvalue weighted by atomic mass is 16.1. The van der Waals surface area contributed by atoms with Crippen LogP contribution in [0.2, 0.25) is 0 Å². The zero-order valence-corrected chi connectivity index (χ0v) is 12.9.